The maximum Gasteiger partial charge on any atom is 0.254 e. The number of aliphatic hydroxyl groups is 1. The summed E-state index contributed by atoms with van der Waals surface area (Å²) in [6.07, 6.45) is 2.46. The van der Waals surface area contributed by atoms with Gasteiger partial charge in [0.15, 0.2) is 0 Å². The first-order chi connectivity index (χ1) is 11.1. The van der Waals surface area contributed by atoms with Crippen LogP contribution >= 0.6 is 0 Å². The third-order valence-corrected chi connectivity index (χ3v) is 5.11. The quantitative estimate of drug-likeness (QED) is 0.926. The summed E-state index contributed by atoms with van der Waals surface area (Å²) in [4.78, 5) is 14.9. The van der Waals surface area contributed by atoms with E-state index in [0.29, 0.717) is 25.3 Å². The van der Waals surface area contributed by atoms with Gasteiger partial charge < -0.3 is 19.5 Å². The van der Waals surface area contributed by atoms with Gasteiger partial charge in [-0.3, -0.25) is 4.79 Å². The number of methoxy groups -OCH3 is 1. The van der Waals surface area contributed by atoms with E-state index >= 15 is 0 Å². The number of carbonyl (C=O) groups excluding carboxylic acids is 1. The molecule has 0 radical (unpaired) electrons. The average Bonchev–Trinajstić information content (AvgIpc) is 3.00. The molecule has 23 heavy (non-hydrogen) atoms. The molecule has 1 heterocycles. The van der Waals surface area contributed by atoms with Crippen LogP contribution in [0.25, 0.3) is 0 Å². The molecule has 1 N–H and O–H groups in total. The normalized spacial score (nSPS) is 28.0. The van der Waals surface area contributed by atoms with E-state index in [1.54, 1.807) is 13.2 Å². The minimum atomic E-state index is -0.329. The zero-order valence-electron chi connectivity index (χ0n) is 13.8. The smallest absolute Gasteiger partial charge is 0.254 e. The summed E-state index contributed by atoms with van der Waals surface area (Å²) in [5.41, 5.74) is 1.64. The van der Waals surface area contributed by atoms with Gasteiger partial charge in [0.1, 0.15) is 5.75 Å². The Hall–Kier alpha value is -1.59. The van der Waals surface area contributed by atoms with Gasteiger partial charge in [0, 0.05) is 18.0 Å². The van der Waals surface area contributed by atoms with Gasteiger partial charge in [0.2, 0.25) is 0 Å². The van der Waals surface area contributed by atoms with Crippen molar-refractivity contribution in [3.63, 3.8) is 0 Å². The predicted molar refractivity (Wildman–Crippen MR) is 86.7 cm³/mol. The SMILES string of the molecule is COc1cc(C(=O)N2CCOCC2C2CCCC2O)ccc1C. The van der Waals surface area contributed by atoms with Crippen LogP contribution in [0.3, 0.4) is 0 Å². The van der Waals surface area contributed by atoms with Crippen LogP contribution in [0.4, 0.5) is 0 Å². The second-order valence-corrected chi connectivity index (χ2v) is 6.49. The third kappa shape index (κ3) is 3.21. The number of morpholine rings is 1. The molecule has 1 saturated carbocycles. The van der Waals surface area contributed by atoms with Gasteiger partial charge in [-0.05, 0) is 37.5 Å². The number of aliphatic hydroxyl groups excluding tert-OH is 1. The molecule has 2 aliphatic rings. The van der Waals surface area contributed by atoms with Crippen LogP contribution in [-0.2, 0) is 4.74 Å². The molecule has 0 bridgehead atoms. The van der Waals surface area contributed by atoms with Gasteiger partial charge in [-0.15, -0.1) is 0 Å². The first-order valence-corrected chi connectivity index (χ1v) is 8.33. The molecule has 3 atom stereocenters. The van der Waals surface area contributed by atoms with Crippen LogP contribution in [0.5, 0.6) is 5.75 Å². The fourth-order valence-corrected chi connectivity index (χ4v) is 3.77. The maximum atomic E-state index is 13.0. The highest BCUT2D eigenvalue weighted by Gasteiger charge is 2.39. The maximum absolute atomic E-state index is 13.0. The van der Waals surface area contributed by atoms with Crippen molar-refractivity contribution in [2.45, 2.75) is 38.3 Å². The number of nitrogens with zero attached hydrogens (tertiary/aromatic N) is 1. The monoisotopic (exact) mass is 319 g/mol. The van der Waals surface area contributed by atoms with Crippen molar-refractivity contribution >= 4 is 5.91 Å². The topological polar surface area (TPSA) is 59.0 Å². The van der Waals surface area contributed by atoms with Crippen molar-refractivity contribution in [1.29, 1.82) is 0 Å². The van der Waals surface area contributed by atoms with Gasteiger partial charge in [-0.2, -0.15) is 0 Å². The molecule has 0 aromatic heterocycles. The van der Waals surface area contributed by atoms with Crippen LogP contribution < -0.4 is 4.74 Å². The van der Waals surface area contributed by atoms with E-state index in [4.69, 9.17) is 9.47 Å². The largest absolute Gasteiger partial charge is 0.496 e. The lowest BCUT2D eigenvalue weighted by molar-refractivity contribution is -0.0383. The van der Waals surface area contributed by atoms with E-state index in [2.05, 4.69) is 0 Å². The number of amides is 1. The molecule has 126 valence electrons. The zero-order chi connectivity index (χ0) is 16.4. The van der Waals surface area contributed by atoms with E-state index in [1.807, 2.05) is 24.0 Å². The highest BCUT2D eigenvalue weighted by atomic mass is 16.5. The van der Waals surface area contributed by atoms with E-state index < -0.39 is 0 Å². The molecular formula is C18H25NO4. The number of hydrogen-bond donors (Lipinski definition) is 1. The van der Waals surface area contributed by atoms with Gasteiger partial charge in [0.05, 0.1) is 32.5 Å². The fourth-order valence-electron chi connectivity index (χ4n) is 3.77. The van der Waals surface area contributed by atoms with Crippen molar-refractivity contribution < 1.29 is 19.4 Å². The van der Waals surface area contributed by atoms with Crippen LogP contribution in [0.2, 0.25) is 0 Å². The molecule has 1 amide bonds. The highest BCUT2D eigenvalue weighted by molar-refractivity contribution is 5.95. The molecule has 0 spiro atoms. The first-order valence-electron chi connectivity index (χ1n) is 8.33. The van der Waals surface area contributed by atoms with Gasteiger partial charge in [-0.1, -0.05) is 12.5 Å². The molecule has 1 saturated heterocycles. The van der Waals surface area contributed by atoms with E-state index in [9.17, 15) is 9.90 Å². The lowest BCUT2D eigenvalue weighted by Crippen LogP contribution is -2.53. The number of carbonyl (C=O) groups is 1. The molecule has 1 aromatic rings. The summed E-state index contributed by atoms with van der Waals surface area (Å²) in [6.45, 7) is 3.59. The predicted octanol–water partition coefficient (Wildman–Crippen LogP) is 2.01. The second-order valence-electron chi connectivity index (χ2n) is 6.49. The number of benzene rings is 1. The Morgan fingerprint density at radius 1 is 1.39 bits per heavy atom. The fraction of sp³-hybridized carbons (Fsp3) is 0.611. The summed E-state index contributed by atoms with van der Waals surface area (Å²) in [7, 11) is 1.61. The van der Waals surface area contributed by atoms with E-state index in [1.165, 1.54) is 0 Å². The minimum absolute atomic E-state index is 0.00398. The van der Waals surface area contributed by atoms with Crippen LogP contribution in [-0.4, -0.2) is 54.9 Å². The van der Waals surface area contributed by atoms with Crippen molar-refractivity contribution in [3.05, 3.63) is 29.3 Å². The number of hydrogen-bond acceptors (Lipinski definition) is 4. The number of ether oxygens (including phenoxy) is 2. The van der Waals surface area contributed by atoms with Crippen LogP contribution in [0, 0.1) is 12.8 Å². The van der Waals surface area contributed by atoms with Crippen molar-refractivity contribution in [2.24, 2.45) is 5.92 Å². The van der Waals surface area contributed by atoms with Crippen LogP contribution in [0.1, 0.15) is 35.2 Å². The van der Waals surface area contributed by atoms with Crippen molar-refractivity contribution in [1.82, 2.24) is 4.90 Å². The Kier molecular flexibility index (Phi) is 4.87. The molecule has 1 aromatic carbocycles. The van der Waals surface area contributed by atoms with Crippen molar-refractivity contribution in [3.8, 4) is 5.75 Å². The molecule has 3 rings (SSSR count). The standard InChI is InChI=1S/C18H25NO4/c1-12-6-7-13(10-17(12)22-2)18(21)19-8-9-23-11-15(19)14-4-3-5-16(14)20/h6-7,10,14-16,20H,3-5,8-9,11H2,1-2H3. The molecule has 1 aliphatic carbocycles. The summed E-state index contributed by atoms with van der Waals surface area (Å²) in [6, 6.07) is 5.51. The molecule has 5 heteroatoms. The minimum Gasteiger partial charge on any atom is -0.496 e. The Morgan fingerprint density at radius 2 is 2.22 bits per heavy atom. The molecule has 5 nitrogen and oxygen atoms in total. The Balaban J connectivity index is 1.83. The lowest BCUT2D eigenvalue weighted by atomic mass is 9.93. The summed E-state index contributed by atoms with van der Waals surface area (Å²) >= 11 is 0. The van der Waals surface area contributed by atoms with Gasteiger partial charge >= 0.3 is 0 Å². The summed E-state index contributed by atoms with van der Waals surface area (Å²) in [5, 5.41) is 10.2. The summed E-state index contributed by atoms with van der Waals surface area (Å²) in [5.74, 6) is 0.837. The first kappa shape index (κ1) is 16.3. The third-order valence-electron chi connectivity index (χ3n) is 5.11. The van der Waals surface area contributed by atoms with E-state index in [0.717, 1.165) is 30.6 Å². The molecule has 2 fully saturated rings. The molecule has 1 aliphatic heterocycles. The molecular weight excluding hydrogens is 294 g/mol. The Bertz CT molecular complexity index is 574. The second kappa shape index (κ2) is 6.89. The van der Waals surface area contributed by atoms with E-state index in [-0.39, 0.29) is 24.0 Å². The number of aryl methyl sites for hydroxylation is 1. The average molecular weight is 319 g/mol. The van der Waals surface area contributed by atoms with Gasteiger partial charge in [-0.25, -0.2) is 0 Å². The number of rotatable bonds is 3. The van der Waals surface area contributed by atoms with Gasteiger partial charge in [0.25, 0.3) is 5.91 Å². The van der Waals surface area contributed by atoms with Crippen LogP contribution in [0.15, 0.2) is 18.2 Å². The molecule has 3 unspecified atom stereocenters. The lowest BCUT2D eigenvalue weighted by Gasteiger charge is -2.40. The zero-order valence-corrected chi connectivity index (χ0v) is 13.8. The Labute approximate surface area is 137 Å². The summed E-state index contributed by atoms with van der Waals surface area (Å²) < 4.78 is 10.9. The Morgan fingerprint density at radius 3 is 2.91 bits per heavy atom. The van der Waals surface area contributed by atoms with Crippen molar-refractivity contribution in [2.75, 3.05) is 26.9 Å². The highest BCUT2D eigenvalue weighted by Crippen LogP contribution is 2.33.